The second-order valence-electron chi connectivity index (χ2n) is 6.52. The molecule has 1 aliphatic rings. The van der Waals surface area contributed by atoms with E-state index in [-0.39, 0.29) is 18.2 Å². The summed E-state index contributed by atoms with van der Waals surface area (Å²) in [6, 6.07) is 10.3. The molecule has 2 N–H and O–H groups in total. The first-order valence-corrected chi connectivity index (χ1v) is 9.70. The number of hydrogen-bond acceptors (Lipinski definition) is 4. The fourth-order valence-electron chi connectivity index (χ4n) is 2.86. The number of halogens is 1. The Labute approximate surface area is 169 Å². The first-order chi connectivity index (χ1) is 13.6. The molecule has 2 aromatic carbocycles. The molecule has 0 saturated heterocycles. The number of amides is 2. The van der Waals surface area contributed by atoms with Crippen LogP contribution in [-0.2, 0) is 11.2 Å². The molecule has 3 rings (SSSR count). The molecule has 2 aromatic rings. The fourth-order valence-corrected chi connectivity index (χ4v) is 3.14. The third-order valence-electron chi connectivity index (χ3n) is 4.17. The van der Waals surface area contributed by atoms with Crippen molar-refractivity contribution in [2.24, 2.45) is 0 Å². The average molecular weight is 403 g/mol. The van der Waals surface area contributed by atoms with Gasteiger partial charge in [-0.15, -0.1) is 0 Å². The van der Waals surface area contributed by atoms with Crippen molar-refractivity contribution in [1.29, 1.82) is 0 Å². The number of carbonyl (C=O) groups is 2. The predicted octanol–water partition coefficient (Wildman–Crippen LogP) is 3.82. The van der Waals surface area contributed by atoms with E-state index in [1.165, 1.54) is 0 Å². The molecule has 1 heterocycles. The number of nitrogens with one attached hydrogen (secondary N) is 2. The minimum absolute atomic E-state index is 0.128. The molecule has 0 unspecified atom stereocenters. The van der Waals surface area contributed by atoms with Crippen LogP contribution < -0.4 is 20.1 Å². The van der Waals surface area contributed by atoms with Gasteiger partial charge in [-0.05, 0) is 42.3 Å². The van der Waals surface area contributed by atoms with E-state index in [0.717, 1.165) is 18.4 Å². The van der Waals surface area contributed by atoms with E-state index < -0.39 is 0 Å². The highest BCUT2D eigenvalue weighted by molar-refractivity contribution is 6.32. The smallest absolute Gasteiger partial charge is 0.251 e. The van der Waals surface area contributed by atoms with Gasteiger partial charge in [0.05, 0.1) is 24.7 Å². The van der Waals surface area contributed by atoms with Crippen LogP contribution in [0.5, 0.6) is 11.5 Å². The summed E-state index contributed by atoms with van der Waals surface area (Å²) < 4.78 is 11.3. The summed E-state index contributed by atoms with van der Waals surface area (Å²) in [6.45, 7) is 3.70. The first kappa shape index (κ1) is 20.0. The van der Waals surface area contributed by atoms with Crippen LogP contribution in [0, 0.1) is 0 Å². The monoisotopic (exact) mass is 402 g/mol. The van der Waals surface area contributed by atoms with E-state index in [1.54, 1.807) is 36.4 Å². The Morgan fingerprint density at radius 2 is 1.96 bits per heavy atom. The quantitative estimate of drug-likeness (QED) is 0.770. The van der Waals surface area contributed by atoms with Crippen LogP contribution >= 0.6 is 11.6 Å². The third kappa shape index (κ3) is 5.16. The van der Waals surface area contributed by atoms with Crippen molar-refractivity contribution in [3.05, 3.63) is 52.5 Å². The van der Waals surface area contributed by atoms with Crippen molar-refractivity contribution in [3.63, 3.8) is 0 Å². The lowest BCUT2D eigenvalue weighted by atomic mass is 10.1. The normalized spacial score (nSPS) is 12.8. The van der Waals surface area contributed by atoms with Crippen LogP contribution in [0.25, 0.3) is 0 Å². The van der Waals surface area contributed by atoms with E-state index >= 15 is 0 Å². The van der Waals surface area contributed by atoms with Crippen LogP contribution in [0.4, 0.5) is 5.69 Å². The van der Waals surface area contributed by atoms with Crippen molar-refractivity contribution in [1.82, 2.24) is 5.32 Å². The van der Waals surface area contributed by atoms with Crippen molar-refractivity contribution in [2.75, 3.05) is 25.1 Å². The van der Waals surface area contributed by atoms with Gasteiger partial charge in [0, 0.05) is 24.2 Å². The van der Waals surface area contributed by atoms with Crippen molar-refractivity contribution >= 4 is 29.1 Å². The molecule has 6 nitrogen and oxygen atoms in total. The largest absolute Gasteiger partial charge is 0.489 e. The molecule has 7 heteroatoms. The van der Waals surface area contributed by atoms with Gasteiger partial charge >= 0.3 is 0 Å². The number of benzene rings is 2. The summed E-state index contributed by atoms with van der Waals surface area (Å²) in [6.07, 6.45) is 1.77. The second-order valence-corrected chi connectivity index (χ2v) is 6.92. The zero-order chi connectivity index (χ0) is 19.9. The molecule has 1 aliphatic heterocycles. The summed E-state index contributed by atoms with van der Waals surface area (Å²) in [5, 5.41) is 6.06. The van der Waals surface area contributed by atoms with Gasteiger partial charge in [0.2, 0.25) is 5.91 Å². The molecule has 0 radical (unpaired) electrons. The topological polar surface area (TPSA) is 76.7 Å². The molecule has 0 atom stereocenters. The van der Waals surface area contributed by atoms with E-state index in [2.05, 4.69) is 10.6 Å². The summed E-state index contributed by atoms with van der Waals surface area (Å²) in [5.41, 5.74) is 1.79. The van der Waals surface area contributed by atoms with E-state index in [1.807, 2.05) is 6.92 Å². The highest BCUT2D eigenvalue weighted by atomic mass is 35.5. The lowest BCUT2D eigenvalue weighted by molar-refractivity contribution is -0.115. The number of rotatable bonds is 6. The van der Waals surface area contributed by atoms with E-state index in [0.29, 0.717) is 47.5 Å². The van der Waals surface area contributed by atoms with Crippen molar-refractivity contribution in [2.45, 2.75) is 26.2 Å². The maximum absolute atomic E-state index is 12.5. The van der Waals surface area contributed by atoms with Gasteiger partial charge in [-0.25, -0.2) is 0 Å². The lowest BCUT2D eigenvalue weighted by Gasteiger charge is -2.12. The second kappa shape index (κ2) is 9.46. The lowest BCUT2D eigenvalue weighted by Crippen LogP contribution is -2.24. The Morgan fingerprint density at radius 3 is 2.79 bits per heavy atom. The SMILES string of the molecule is CCCNC(=O)c1cccc(NC(=O)Cc2cc(Cl)c3c(c2)OCCCO3)c1. The molecule has 0 spiro atoms. The molecule has 0 saturated carbocycles. The highest BCUT2D eigenvalue weighted by Crippen LogP contribution is 2.38. The molecule has 2 amide bonds. The maximum atomic E-state index is 12.5. The van der Waals surface area contributed by atoms with Gasteiger partial charge in [0.15, 0.2) is 11.5 Å². The Kier molecular flexibility index (Phi) is 6.76. The minimum Gasteiger partial charge on any atom is -0.489 e. The summed E-state index contributed by atoms with van der Waals surface area (Å²) in [4.78, 5) is 24.5. The van der Waals surface area contributed by atoms with Gasteiger partial charge in [-0.2, -0.15) is 0 Å². The summed E-state index contributed by atoms with van der Waals surface area (Å²) >= 11 is 6.28. The first-order valence-electron chi connectivity index (χ1n) is 9.33. The Hall–Kier alpha value is -2.73. The number of ether oxygens (including phenoxy) is 2. The summed E-state index contributed by atoms with van der Waals surface area (Å²) in [7, 11) is 0. The van der Waals surface area contributed by atoms with Crippen LogP contribution in [0.2, 0.25) is 5.02 Å². The molecular weight excluding hydrogens is 380 g/mol. The Morgan fingerprint density at radius 1 is 1.14 bits per heavy atom. The predicted molar refractivity (Wildman–Crippen MR) is 108 cm³/mol. The van der Waals surface area contributed by atoms with Gasteiger partial charge < -0.3 is 20.1 Å². The van der Waals surface area contributed by atoms with Gasteiger partial charge in [-0.3, -0.25) is 9.59 Å². The van der Waals surface area contributed by atoms with Crippen molar-refractivity contribution in [3.8, 4) is 11.5 Å². The van der Waals surface area contributed by atoms with Crippen LogP contribution in [0.3, 0.4) is 0 Å². The van der Waals surface area contributed by atoms with Crippen molar-refractivity contribution < 1.29 is 19.1 Å². The van der Waals surface area contributed by atoms with E-state index in [4.69, 9.17) is 21.1 Å². The number of hydrogen-bond donors (Lipinski definition) is 2. The number of anilines is 1. The minimum atomic E-state index is -0.211. The number of carbonyl (C=O) groups excluding carboxylic acids is 2. The summed E-state index contributed by atoms with van der Waals surface area (Å²) in [5.74, 6) is 0.709. The van der Waals surface area contributed by atoms with Crippen LogP contribution in [-0.4, -0.2) is 31.6 Å². The standard InChI is InChI=1S/C21H23ClN2O4/c1-2-7-23-21(26)15-5-3-6-16(13-15)24-19(25)12-14-10-17(22)20-18(11-14)27-8-4-9-28-20/h3,5-6,10-11,13H,2,4,7-9,12H2,1H3,(H,23,26)(H,24,25). The Balaban J connectivity index is 1.67. The fraction of sp³-hybridized carbons (Fsp3) is 0.333. The molecule has 0 aliphatic carbocycles. The Bertz CT molecular complexity index is 869. The van der Waals surface area contributed by atoms with Crippen LogP contribution in [0.1, 0.15) is 35.7 Å². The highest BCUT2D eigenvalue weighted by Gasteiger charge is 2.17. The number of fused-ring (bicyclic) bond motifs is 1. The molecule has 0 aromatic heterocycles. The average Bonchev–Trinajstić information content (AvgIpc) is 2.92. The third-order valence-corrected chi connectivity index (χ3v) is 4.45. The molecule has 28 heavy (non-hydrogen) atoms. The molecule has 148 valence electrons. The molecule has 0 fully saturated rings. The van der Waals surface area contributed by atoms with Crippen LogP contribution in [0.15, 0.2) is 36.4 Å². The van der Waals surface area contributed by atoms with Gasteiger partial charge in [0.1, 0.15) is 0 Å². The maximum Gasteiger partial charge on any atom is 0.251 e. The van der Waals surface area contributed by atoms with Gasteiger partial charge in [0.25, 0.3) is 5.91 Å². The van der Waals surface area contributed by atoms with E-state index in [9.17, 15) is 9.59 Å². The zero-order valence-corrected chi connectivity index (χ0v) is 16.5. The molecular formula is C21H23ClN2O4. The van der Waals surface area contributed by atoms with Gasteiger partial charge in [-0.1, -0.05) is 24.6 Å². The molecule has 0 bridgehead atoms. The zero-order valence-electron chi connectivity index (χ0n) is 15.7.